The molecule has 13 heteroatoms. The van der Waals surface area contributed by atoms with Gasteiger partial charge in [-0.25, -0.2) is 4.98 Å². The average molecular weight is 594 g/mol. The van der Waals surface area contributed by atoms with Crippen molar-refractivity contribution in [1.29, 1.82) is 0 Å². The number of halogens is 1. The van der Waals surface area contributed by atoms with Gasteiger partial charge in [-0.3, -0.25) is 9.59 Å². The quantitative estimate of drug-likeness (QED) is 0.259. The molecule has 0 spiro atoms. The summed E-state index contributed by atoms with van der Waals surface area (Å²) in [6.45, 7) is 9.39. The van der Waals surface area contributed by atoms with E-state index in [1.54, 1.807) is 17.9 Å². The summed E-state index contributed by atoms with van der Waals surface area (Å²) in [7, 11) is 5.87. The molecule has 222 valence electrons. The monoisotopic (exact) mass is 593 g/mol. The Morgan fingerprint density at radius 3 is 2.62 bits per heavy atom. The van der Waals surface area contributed by atoms with E-state index in [9.17, 15) is 9.59 Å². The second-order valence-electron chi connectivity index (χ2n) is 9.94. The average Bonchev–Trinajstić information content (AvgIpc) is 3.40. The first kappa shape index (κ1) is 30.5. The first-order chi connectivity index (χ1) is 20.1. The molecule has 2 aromatic heterocycles. The lowest BCUT2D eigenvalue weighted by Gasteiger charge is -2.24. The molecule has 4 rings (SSSR count). The number of amides is 2. The molecule has 1 aliphatic heterocycles. The fraction of sp³-hybridized carbons (Fsp3) is 0.345. The summed E-state index contributed by atoms with van der Waals surface area (Å²) in [4.78, 5) is 44.0. The van der Waals surface area contributed by atoms with Crippen LogP contribution in [0.3, 0.4) is 0 Å². The van der Waals surface area contributed by atoms with Crippen molar-refractivity contribution in [2.24, 2.45) is 0 Å². The predicted octanol–water partition coefficient (Wildman–Crippen LogP) is 4.44. The van der Waals surface area contributed by atoms with E-state index < -0.39 is 0 Å². The fourth-order valence-corrected chi connectivity index (χ4v) is 4.62. The Morgan fingerprint density at radius 2 is 1.93 bits per heavy atom. The summed E-state index contributed by atoms with van der Waals surface area (Å²) in [6.07, 6.45) is 3.44. The van der Waals surface area contributed by atoms with Crippen LogP contribution in [0.4, 0.5) is 40.3 Å². The molecule has 3 aromatic rings. The number of hydrogen-bond acceptors (Lipinski definition) is 10. The van der Waals surface area contributed by atoms with Gasteiger partial charge >= 0.3 is 0 Å². The highest BCUT2D eigenvalue weighted by atomic mass is 35.5. The third kappa shape index (κ3) is 7.07. The summed E-state index contributed by atoms with van der Waals surface area (Å²) < 4.78 is 5.87. The summed E-state index contributed by atoms with van der Waals surface area (Å²) >= 11 is 6.49. The van der Waals surface area contributed by atoms with E-state index in [2.05, 4.69) is 37.4 Å². The van der Waals surface area contributed by atoms with Crippen LogP contribution < -0.4 is 30.5 Å². The number of anilines is 7. The third-order valence-electron chi connectivity index (χ3n) is 6.55. The number of fused-ring (bicyclic) bond motifs is 1. The molecule has 3 heterocycles. The zero-order valence-corrected chi connectivity index (χ0v) is 25.2. The van der Waals surface area contributed by atoms with E-state index in [1.807, 2.05) is 51.2 Å². The van der Waals surface area contributed by atoms with Gasteiger partial charge in [0.05, 0.1) is 29.9 Å². The molecule has 1 aromatic carbocycles. The molecule has 0 bridgehead atoms. The Balaban J connectivity index is 1.69. The van der Waals surface area contributed by atoms with Crippen LogP contribution in [0.1, 0.15) is 19.4 Å². The molecule has 0 saturated carbocycles. The van der Waals surface area contributed by atoms with Gasteiger partial charge in [-0.15, -0.1) is 0 Å². The molecule has 2 amide bonds. The highest BCUT2D eigenvalue weighted by molar-refractivity contribution is 6.33. The second-order valence-corrected chi connectivity index (χ2v) is 10.3. The second kappa shape index (κ2) is 13.5. The molecule has 1 aliphatic rings. The third-order valence-corrected chi connectivity index (χ3v) is 6.83. The number of aromatic nitrogens is 3. The van der Waals surface area contributed by atoms with Crippen LogP contribution in [0.25, 0.3) is 0 Å². The highest BCUT2D eigenvalue weighted by Gasteiger charge is 2.26. The number of para-hydroxylation sites is 1. The molecule has 42 heavy (non-hydrogen) atoms. The van der Waals surface area contributed by atoms with Gasteiger partial charge in [-0.2, -0.15) is 9.97 Å². The van der Waals surface area contributed by atoms with Crippen LogP contribution in [0.2, 0.25) is 5.02 Å². The van der Waals surface area contributed by atoms with Crippen molar-refractivity contribution in [2.45, 2.75) is 20.3 Å². The number of carbonyl (C=O) groups is 2. The molecule has 0 aliphatic carbocycles. The lowest BCUT2D eigenvalue weighted by atomic mass is 10.1. The van der Waals surface area contributed by atoms with Crippen molar-refractivity contribution in [3.63, 3.8) is 0 Å². The number of carbonyl (C=O) groups excluding carboxylic acids is 2. The molecular weight excluding hydrogens is 558 g/mol. The Kier molecular flexibility index (Phi) is 9.81. The molecule has 0 atom stereocenters. The van der Waals surface area contributed by atoms with E-state index in [0.29, 0.717) is 59.3 Å². The van der Waals surface area contributed by atoms with Crippen molar-refractivity contribution in [1.82, 2.24) is 19.9 Å². The number of rotatable bonds is 12. The van der Waals surface area contributed by atoms with Gasteiger partial charge in [-0.1, -0.05) is 30.3 Å². The topological polar surface area (TPSA) is 128 Å². The summed E-state index contributed by atoms with van der Waals surface area (Å²) in [5.74, 6) is 1.00. The Bertz CT molecular complexity index is 1480. The number of nitrogens with one attached hydrogen (secondary N) is 3. The van der Waals surface area contributed by atoms with Crippen LogP contribution in [-0.2, 0) is 16.0 Å². The molecular formula is C29H36ClN9O3. The van der Waals surface area contributed by atoms with Crippen molar-refractivity contribution in [2.75, 3.05) is 73.1 Å². The van der Waals surface area contributed by atoms with Crippen molar-refractivity contribution in [3.05, 3.63) is 53.7 Å². The van der Waals surface area contributed by atoms with Gasteiger partial charge < -0.3 is 35.4 Å². The highest BCUT2D eigenvalue weighted by Crippen LogP contribution is 2.39. The summed E-state index contributed by atoms with van der Waals surface area (Å²) in [5.41, 5.74) is 3.49. The smallest absolute Gasteiger partial charge is 0.247 e. The van der Waals surface area contributed by atoms with Gasteiger partial charge in [0.2, 0.25) is 23.6 Å². The largest absolute Gasteiger partial charge is 0.476 e. The maximum atomic E-state index is 12.3. The maximum absolute atomic E-state index is 12.3. The van der Waals surface area contributed by atoms with E-state index in [1.165, 1.54) is 12.3 Å². The summed E-state index contributed by atoms with van der Waals surface area (Å²) in [5, 5.41) is 9.57. The minimum Gasteiger partial charge on any atom is -0.476 e. The van der Waals surface area contributed by atoms with Crippen molar-refractivity contribution in [3.8, 4) is 5.88 Å². The van der Waals surface area contributed by atoms with Crippen LogP contribution in [0.15, 0.2) is 43.1 Å². The predicted molar refractivity (Wildman–Crippen MR) is 168 cm³/mol. The van der Waals surface area contributed by atoms with Gasteiger partial charge in [0, 0.05) is 33.6 Å². The molecule has 0 radical (unpaired) electrons. The molecule has 3 N–H and O–H groups in total. The number of benzene rings is 1. The normalized spacial score (nSPS) is 12.1. The van der Waals surface area contributed by atoms with Crippen LogP contribution >= 0.6 is 11.6 Å². The molecule has 0 fully saturated rings. The Hall–Kier alpha value is -4.42. The zero-order chi connectivity index (χ0) is 30.4. The maximum Gasteiger partial charge on any atom is 0.247 e. The fourth-order valence-electron chi connectivity index (χ4n) is 4.48. The van der Waals surface area contributed by atoms with E-state index in [0.717, 1.165) is 24.2 Å². The number of likely N-dealkylation sites (N-methyl/N-ethyl adjacent to an activating group) is 2. The van der Waals surface area contributed by atoms with Crippen LogP contribution in [0.5, 0.6) is 5.88 Å². The number of pyridine rings is 1. The Morgan fingerprint density at radius 1 is 1.14 bits per heavy atom. The lowest BCUT2D eigenvalue weighted by molar-refractivity contribution is -0.116. The van der Waals surface area contributed by atoms with Gasteiger partial charge in [0.15, 0.2) is 11.6 Å². The van der Waals surface area contributed by atoms with Gasteiger partial charge in [0.25, 0.3) is 0 Å². The molecule has 0 saturated heterocycles. The summed E-state index contributed by atoms with van der Waals surface area (Å²) in [6, 6.07) is 7.53. The van der Waals surface area contributed by atoms with E-state index >= 15 is 0 Å². The molecule has 12 nitrogen and oxygen atoms in total. The minimum atomic E-state index is -0.376. The standard InChI is InChI=1S/C29H36ClN9O3/c1-7-24(41)32-22-16-23(28(42-8-2)36-27(22)38(6)15-14-37(4)5)34-29-31-17-20(30)26(35-29)33-21-11-9-10-19-12-13-39(18(3)40)25(19)21/h7,9-11,16-17H,1,8,12-15H2,2-6H3,(H,32,41)(H2,31,33,34,35). The van der Waals surface area contributed by atoms with E-state index in [-0.39, 0.29) is 17.8 Å². The van der Waals surface area contributed by atoms with Gasteiger partial charge in [-0.05, 0) is 51.2 Å². The van der Waals surface area contributed by atoms with E-state index in [4.69, 9.17) is 21.3 Å². The number of hydrogen-bond donors (Lipinski definition) is 3. The number of ether oxygens (including phenoxy) is 1. The Labute approximate surface area is 250 Å². The molecule has 0 unspecified atom stereocenters. The van der Waals surface area contributed by atoms with Crippen molar-refractivity contribution >= 4 is 63.7 Å². The minimum absolute atomic E-state index is 0.0368. The zero-order valence-electron chi connectivity index (χ0n) is 24.5. The first-order valence-electron chi connectivity index (χ1n) is 13.5. The van der Waals surface area contributed by atoms with Crippen LogP contribution in [0, 0.1) is 0 Å². The number of nitrogens with zero attached hydrogens (tertiary/aromatic N) is 6. The lowest BCUT2D eigenvalue weighted by Crippen LogP contribution is -2.30. The van der Waals surface area contributed by atoms with Crippen LogP contribution in [-0.4, -0.2) is 79.1 Å². The van der Waals surface area contributed by atoms with Crippen molar-refractivity contribution < 1.29 is 14.3 Å². The SMILES string of the molecule is C=CC(=O)Nc1cc(Nc2ncc(Cl)c(Nc3cccc4c3N(C(C)=O)CC4)n2)c(OCC)nc1N(C)CCN(C)C. The van der Waals surface area contributed by atoms with Gasteiger partial charge in [0.1, 0.15) is 10.7 Å². The first-order valence-corrected chi connectivity index (χ1v) is 13.9.